The third-order valence-electron chi connectivity index (χ3n) is 2.29. The van der Waals surface area contributed by atoms with Gasteiger partial charge >= 0.3 is 0 Å². The van der Waals surface area contributed by atoms with Crippen molar-refractivity contribution in [2.45, 2.75) is 13.5 Å². The van der Waals surface area contributed by atoms with Crippen LogP contribution >= 0.6 is 15.9 Å². The van der Waals surface area contributed by atoms with Crippen LogP contribution in [0.1, 0.15) is 12.5 Å². The van der Waals surface area contributed by atoms with Gasteiger partial charge in [-0.2, -0.15) is 0 Å². The van der Waals surface area contributed by atoms with Gasteiger partial charge < -0.3 is 10.1 Å². The summed E-state index contributed by atoms with van der Waals surface area (Å²) in [6.07, 6.45) is 5.29. The van der Waals surface area contributed by atoms with Gasteiger partial charge in [-0.05, 0) is 40.5 Å². The summed E-state index contributed by atoms with van der Waals surface area (Å²) in [7, 11) is 0. The summed E-state index contributed by atoms with van der Waals surface area (Å²) in [6.45, 7) is 3.28. The van der Waals surface area contributed by atoms with Gasteiger partial charge in [-0.3, -0.25) is 4.98 Å². The van der Waals surface area contributed by atoms with E-state index in [1.54, 1.807) is 18.6 Å². The lowest BCUT2D eigenvalue weighted by Crippen LogP contribution is -2.01. The van der Waals surface area contributed by atoms with E-state index in [1.807, 2.05) is 25.1 Å². The van der Waals surface area contributed by atoms with Crippen LogP contribution < -0.4 is 10.1 Å². The third-order valence-corrected chi connectivity index (χ3v) is 2.73. The molecule has 0 radical (unpaired) electrons. The van der Waals surface area contributed by atoms with E-state index in [4.69, 9.17) is 4.74 Å². The fraction of sp³-hybridized carbons (Fsp3) is 0.231. The summed E-state index contributed by atoms with van der Waals surface area (Å²) in [5.74, 6) is 0.657. The van der Waals surface area contributed by atoms with E-state index in [-0.39, 0.29) is 0 Å². The Hall–Kier alpha value is -1.62. The van der Waals surface area contributed by atoms with E-state index in [1.165, 1.54) is 0 Å². The summed E-state index contributed by atoms with van der Waals surface area (Å²) < 4.78 is 6.31. The van der Waals surface area contributed by atoms with Crippen molar-refractivity contribution in [2.24, 2.45) is 0 Å². The summed E-state index contributed by atoms with van der Waals surface area (Å²) in [5, 5.41) is 3.30. The Bertz CT molecular complexity index is 519. The van der Waals surface area contributed by atoms with Crippen LogP contribution in [0.2, 0.25) is 0 Å². The van der Waals surface area contributed by atoms with Gasteiger partial charge in [-0.15, -0.1) is 0 Å². The SMILES string of the molecule is CCOc1cc(CNc2cncc(Br)c2)ccn1. The summed E-state index contributed by atoms with van der Waals surface area (Å²) in [4.78, 5) is 8.23. The van der Waals surface area contributed by atoms with Gasteiger partial charge in [0.05, 0.1) is 18.5 Å². The lowest BCUT2D eigenvalue weighted by Gasteiger charge is -2.08. The molecular weight excluding hydrogens is 294 g/mol. The first kappa shape index (κ1) is 12.8. The lowest BCUT2D eigenvalue weighted by atomic mass is 10.2. The Morgan fingerprint density at radius 3 is 3.00 bits per heavy atom. The Morgan fingerprint density at radius 2 is 2.22 bits per heavy atom. The minimum Gasteiger partial charge on any atom is -0.478 e. The van der Waals surface area contributed by atoms with E-state index in [0.29, 0.717) is 19.0 Å². The molecule has 0 unspecified atom stereocenters. The van der Waals surface area contributed by atoms with E-state index in [0.717, 1.165) is 15.7 Å². The van der Waals surface area contributed by atoms with Crippen LogP contribution in [0.4, 0.5) is 5.69 Å². The first-order valence-corrected chi connectivity index (χ1v) is 6.49. The zero-order chi connectivity index (χ0) is 12.8. The molecule has 4 nitrogen and oxygen atoms in total. The van der Waals surface area contributed by atoms with Gasteiger partial charge in [-0.25, -0.2) is 4.98 Å². The molecule has 0 spiro atoms. The molecule has 0 bridgehead atoms. The highest BCUT2D eigenvalue weighted by Gasteiger charge is 1.99. The van der Waals surface area contributed by atoms with Crippen LogP contribution in [0.25, 0.3) is 0 Å². The van der Waals surface area contributed by atoms with Gasteiger partial charge in [0.2, 0.25) is 5.88 Å². The molecule has 0 aromatic carbocycles. The van der Waals surface area contributed by atoms with Gasteiger partial charge in [0.25, 0.3) is 0 Å². The van der Waals surface area contributed by atoms with Crippen molar-refractivity contribution in [3.05, 3.63) is 46.8 Å². The number of ether oxygens (including phenoxy) is 1. The van der Waals surface area contributed by atoms with Crippen LogP contribution in [-0.4, -0.2) is 16.6 Å². The average Bonchev–Trinajstić information content (AvgIpc) is 2.37. The number of aromatic nitrogens is 2. The predicted molar refractivity (Wildman–Crippen MR) is 74.7 cm³/mol. The first-order chi connectivity index (χ1) is 8.78. The fourth-order valence-corrected chi connectivity index (χ4v) is 1.86. The second-order valence-electron chi connectivity index (χ2n) is 3.68. The normalized spacial score (nSPS) is 10.1. The van der Waals surface area contributed by atoms with Crippen LogP contribution in [0, 0.1) is 0 Å². The Morgan fingerprint density at radius 1 is 1.33 bits per heavy atom. The van der Waals surface area contributed by atoms with Gasteiger partial charge in [0.15, 0.2) is 0 Å². The molecule has 18 heavy (non-hydrogen) atoms. The number of pyridine rings is 2. The average molecular weight is 308 g/mol. The molecule has 2 heterocycles. The van der Waals surface area contributed by atoms with Crippen molar-refractivity contribution in [3.8, 4) is 5.88 Å². The van der Waals surface area contributed by atoms with E-state index in [2.05, 4.69) is 31.2 Å². The van der Waals surface area contributed by atoms with E-state index >= 15 is 0 Å². The second kappa shape index (κ2) is 6.35. The minimum atomic E-state index is 0.624. The molecule has 2 rings (SSSR count). The topological polar surface area (TPSA) is 47.0 Å². The molecule has 0 saturated carbocycles. The van der Waals surface area contributed by atoms with Crippen molar-refractivity contribution in [1.29, 1.82) is 0 Å². The number of halogens is 1. The quantitative estimate of drug-likeness (QED) is 0.921. The number of rotatable bonds is 5. The van der Waals surface area contributed by atoms with E-state index in [9.17, 15) is 0 Å². The Kier molecular flexibility index (Phi) is 4.52. The zero-order valence-corrected chi connectivity index (χ0v) is 11.6. The number of anilines is 1. The number of hydrogen-bond donors (Lipinski definition) is 1. The molecule has 0 amide bonds. The molecule has 0 atom stereocenters. The maximum Gasteiger partial charge on any atom is 0.213 e. The highest BCUT2D eigenvalue weighted by molar-refractivity contribution is 9.10. The fourth-order valence-electron chi connectivity index (χ4n) is 1.50. The summed E-state index contributed by atoms with van der Waals surface area (Å²) in [6, 6.07) is 5.88. The molecule has 0 saturated heterocycles. The maximum atomic E-state index is 5.36. The molecule has 0 aliphatic rings. The van der Waals surface area contributed by atoms with Crippen LogP contribution in [-0.2, 0) is 6.54 Å². The third kappa shape index (κ3) is 3.70. The van der Waals surface area contributed by atoms with Crippen LogP contribution in [0.5, 0.6) is 5.88 Å². The number of nitrogens with zero attached hydrogens (tertiary/aromatic N) is 2. The summed E-state index contributed by atoms with van der Waals surface area (Å²) in [5.41, 5.74) is 2.09. The van der Waals surface area contributed by atoms with Gasteiger partial charge in [0, 0.05) is 29.5 Å². The van der Waals surface area contributed by atoms with Crippen molar-refractivity contribution in [3.63, 3.8) is 0 Å². The molecule has 5 heteroatoms. The Balaban J connectivity index is 1.99. The maximum absolute atomic E-state index is 5.36. The molecule has 1 N–H and O–H groups in total. The molecule has 94 valence electrons. The van der Waals surface area contributed by atoms with Crippen molar-refractivity contribution >= 4 is 21.6 Å². The monoisotopic (exact) mass is 307 g/mol. The summed E-state index contributed by atoms with van der Waals surface area (Å²) >= 11 is 3.39. The van der Waals surface area contributed by atoms with Crippen LogP contribution in [0.3, 0.4) is 0 Å². The van der Waals surface area contributed by atoms with Crippen molar-refractivity contribution in [1.82, 2.24) is 9.97 Å². The molecular formula is C13H14BrN3O. The van der Waals surface area contributed by atoms with Gasteiger partial charge in [-0.1, -0.05) is 0 Å². The van der Waals surface area contributed by atoms with Crippen LogP contribution in [0.15, 0.2) is 41.3 Å². The predicted octanol–water partition coefficient (Wildman–Crippen LogP) is 3.25. The first-order valence-electron chi connectivity index (χ1n) is 5.70. The molecule has 2 aromatic rings. The van der Waals surface area contributed by atoms with E-state index < -0.39 is 0 Å². The lowest BCUT2D eigenvalue weighted by molar-refractivity contribution is 0.326. The number of hydrogen-bond acceptors (Lipinski definition) is 4. The smallest absolute Gasteiger partial charge is 0.213 e. The minimum absolute atomic E-state index is 0.624. The molecule has 0 fully saturated rings. The largest absolute Gasteiger partial charge is 0.478 e. The highest BCUT2D eigenvalue weighted by Crippen LogP contribution is 2.15. The Labute approximate surface area is 115 Å². The molecule has 0 aliphatic heterocycles. The van der Waals surface area contributed by atoms with Gasteiger partial charge in [0.1, 0.15) is 0 Å². The second-order valence-corrected chi connectivity index (χ2v) is 4.60. The highest BCUT2D eigenvalue weighted by atomic mass is 79.9. The van der Waals surface area contributed by atoms with Crippen molar-refractivity contribution < 1.29 is 4.74 Å². The standard InChI is InChI=1S/C13H14BrN3O/c1-2-18-13-5-10(3-4-16-13)7-17-12-6-11(14)8-15-9-12/h3-6,8-9,17H,2,7H2,1H3. The number of nitrogens with one attached hydrogen (secondary N) is 1. The molecule has 2 aromatic heterocycles. The zero-order valence-electron chi connectivity index (χ0n) is 10.1. The molecule has 0 aliphatic carbocycles. The van der Waals surface area contributed by atoms with Crippen molar-refractivity contribution in [2.75, 3.05) is 11.9 Å².